The van der Waals surface area contributed by atoms with Crippen LogP contribution in [0.2, 0.25) is 0 Å². The van der Waals surface area contributed by atoms with Gasteiger partial charge in [-0.25, -0.2) is 0 Å². The van der Waals surface area contributed by atoms with Crippen LogP contribution in [0.4, 0.5) is 0 Å². The first kappa shape index (κ1) is 7.79. The van der Waals surface area contributed by atoms with E-state index in [4.69, 9.17) is 9.26 Å². The number of carbonyl (C=O) groups is 1. The lowest BCUT2D eigenvalue weighted by Gasteiger charge is -1.98. The molecular formula is C9H7NO3. The molecule has 0 saturated heterocycles. The first-order chi connectivity index (χ1) is 6.25. The van der Waals surface area contributed by atoms with E-state index in [0.717, 1.165) is 5.39 Å². The zero-order valence-corrected chi connectivity index (χ0v) is 6.98. The number of ether oxygens (including phenoxy) is 1. The molecule has 4 heteroatoms. The van der Waals surface area contributed by atoms with E-state index in [9.17, 15) is 4.79 Å². The first-order valence-electron chi connectivity index (χ1n) is 3.78. The molecule has 0 aliphatic heterocycles. The van der Waals surface area contributed by atoms with Crippen molar-refractivity contribution < 1.29 is 14.1 Å². The summed E-state index contributed by atoms with van der Waals surface area (Å²) < 4.78 is 9.76. The summed E-state index contributed by atoms with van der Waals surface area (Å²) in [6.07, 6.45) is 1.60. The van der Waals surface area contributed by atoms with E-state index >= 15 is 0 Å². The fraction of sp³-hybridized carbons (Fsp3) is 0.111. The van der Waals surface area contributed by atoms with Crippen molar-refractivity contribution in [1.82, 2.24) is 5.16 Å². The summed E-state index contributed by atoms with van der Waals surface area (Å²) in [7, 11) is 0. The van der Waals surface area contributed by atoms with Crippen LogP contribution < -0.4 is 4.74 Å². The van der Waals surface area contributed by atoms with E-state index in [-0.39, 0.29) is 5.97 Å². The van der Waals surface area contributed by atoms with Crippen LogP contribution in [0, 0.1) is 0 Å². The monoisotopic (exact) mass is 177 g/mol. The third-order valence-corrected chi connectivity index (χ3v) is 1.59. The standard InChI is InChI=1S/C9H7NO3/c1-6(11)12-8-3-2-7-5-10-13-9(7)4-8/h2-5H,1H3. The van der Waals surface area contributed by atoms with Gasteiger partial charge >= 0.3 is 5.97 Å². The molecule has 0 N–H and O–H groups in total. The summed E-state index contributed by atoms with van der Waals surface area (Å²) in [4.78, 5) is 10.6. The molecule has 0 atom stereocenters. The molecule has 0 unspecified atom stereocenters. The Hall–Kier alpha value is -1.84. The number of carbonyl (C=O) groups excluding carboxylic acids is 1. The van der Waals surface area contributed by atoms with Crippen LogP contribution in [0.15, 0.2) is 28.9 Å². The van der Waals surface area contributed by atoms with Gasteiger partial charge in [-0.05, 0) is 12.1 Å². The molecule has 4 nitrogen and oxygen atoms in total. The molecule has 0 amide bonds. The second-order valence-corrected chi connectivity index (χ2v) is 2.62. The van der Waals surface area contributed by atoms with E-state index in [1.54, 1.807) is 24.4 Å². The fourth-order valence-electron chi connectivity index (χ4n) is 1.07. The van der Waals surface area contributed by atoms with Gasteiger partial charge in [-0.3, -0.25) is 4.79 Å². The quantitative estimate of drug-likeness (QED) is 0.492. The molecule has 2 rings (SSSR count). The highest BCUT2D eigenvalue weighted by Gasteiger charge is 2.02. The summed E-state index contributed by atoms with van der Waals surface area (Å²) >= 11 is 0. The Kier molecular flexibility index (Phi) is 1.73. The summed E-state index contributed by atoms with van der Waals surface area (Å²) in [5.41, 5.74) is 0.610. The molecule has 2 aromatic rings. The van der Waals surface area contributed by atoms with E-state index in [2.05, 4.69) is 5.16 Å². The van der Waals surface area contributed by atoms with Crippen molar-refractivity contribution in [2.75, 3.05) is 0 Å². The zero-order valence-electron chi connectivity index (χ0n) is 6.98. The Morgan fingerprint density at radius 2 is 2.38 bits per heavy atom. The Morgan fingerprint density at radius 1 is 1.54 bits per heavy atom. The van der Waals surface area contributed by atoms with Crippen LogP contribution >= 0.6 is 0 Å². The lowest BCUT2D eigenvalue weighted by atomic mass is 10.2. The summed E-state index contributed by atoms with van der Waals surface area (Å²) in [5.74, 6) is 0.121. The van der Waals surface area contributed by atoms with Crippen LogP contribution in [-0.4, -0.2) is 11.1 Å². The van der Waals surface area contributed by atoms with Crippen LogP contribution in [0.25, 0.3) is 11.0 Å². The van der Waals surface area contributed by atoms with Gasteiger partial charge in [0.1, 0.15) is 5.75 Å². The first-order valence-corrected chi connectivity index (χ1v) is 3.78. The smallest absolute Gasteiger partial charge is 0.308 e. The van der Waals surface area contributed by atoms with Crippen molar-refractivity contribution in [3.63, 3.8) is 0 Å². The highest BCUT2D eigenvalue weighted by atomic mass is 16.5. The fourth-order valence-corrected chi connectivity index (χ4v) is 1.07. The van der Waals surface area contributed by atoms with Gasteiger partial charge in [0, 0.05) is 18.4 Å². The molecule has 0 aliphatic carbocycles. The lowest BCUT2D eigenvalue weighted by Crippen LogP contribution is -2.00. The van der Waals surface area contributed by atoms with Gasteiger partial charge in [-0.1, -0.05) is 5.16 Å². The predicted molar refractivity (Wildman–Crippen MR) is 45.3 cm³/mol. The molecule has 0 fully saturated rings. The second kappa shape index (κ2) is 2.90. The number of hydrogen-bond acceptors (Lipinski definition) is 4. The maximum absolute atomic E-state index is 10.6. The van der Waals surface area contributed by atoms with Gasteiger partial charge in [0.25, 0.3) is 0 Å². The SMILES string of the molecule is CC(=O)Oc1ccc2cnoc2c1. The minimum Gasteiger partial charge on any atom is -0.427 e. The number of rotatable bonds is 1. The Labute approximate surface area is 74.1 Å². The summed E-state index contributed by atoms with van der Waals surface area (Å²) in [5, 5.41) is 4.49. The van der Waals surface area contributed by atoms with Gasteiger partial charge in [0.05, 0.1) is 6.20 Å². The molecular weight excluding hydrogens is 170 g/mol. The van der Waals surface area contributed by atoms with Crippen LogP contribution in [0.5, 0.6) is 5.75 Å². The number of esters is 1. The average Bonchev–Trinajstić information content (AvgIpc) is 2.49. The third kappa shape index (κ3) is 1.51. The normalized spacial score (nSPS) is 10.2. The predicted octanol–water partition coefficient (Wildman–Crippen LogP) is 1.75. The molecule has 0 aliphatic rings. The number of nitrogens with zero attached hydrogens (tertiary/aromatic N) is 1. The van der Waals surface area contributed by atoms with Crippen molar-refractivity contribution in [3.8, 4) is 5.75 Å². The van der Waals surface area contributed by atoms with Crippen molar-refractivity contribution >= 4 is 16.9 Å². The van der Waals surface area contributed by atoms with Crippen LogP contribution in [0.3, 0.4) is 0 Å². The van der Waals surface area contributed by atoms with Crippen molar-refractivity contribution in [3.05, 3.63) is 24.4 Å². The molecule has 0 saturated carbocycles. The number of fused-ring (bicyclic) bond motifs is 1. The van der Waals surface area contributed by atoms with Crippen LogP contribution in [-0.2, 0) is 4.79 Å². The number of benzene rings is 1. The molecule has 1 aromatic carbocycles. The Morgan fingerprint density at radius 3 is 3.15 bits per heavy atom. The van der Waals surface area contributed by atoms with E-state index in [1.807, 2.05) is 0 Å². The van der Waals surface area contributed by atoms with Crippen molar-refractivity contribution in [2.24, 2.45) is 0 Å². The molecule has 0 radical (unpaired) electrons. The highest BCUT2D eigenvalue weighted by Crippen LogP contribution is 2.20. The van der Waals surface area contributed by atoms with Gasteiger partial charge in [0.2, 0.25) is 0 Å². The van der Waals surface area contributed by atoms with Gasteiger partial charge in [0.15, 0.2) is 5.58 Å². The second-order valence-electron chi connectivity index (χ2n) is 2.62. The largest absolute Gasteiger partial charge is 0.427 e. The maximum atomic E-state index is 10.6. The molecule has 0 bridgehead atoms. The lowest BCUT2D eigenvalue weighted by molar-refractivity contribution is -0.131. The third-order valence-electron chi connectivity index (χ3n) is 1.59. The minimum absolute atomic E-state index is 0.348. The Bertz CT molecular complexity index is 447. The Balaban J connectivity index is 2.42. The van der Waals surface area contributed by atoms with Gasteiger partial charge in [-0.2, -0.15) is 0 Å². The molecule has 66 valence electrons. The van der Waals surface area contributed by atoms with Crippen LogP contribution in [0.1, 0.15) is 6.92 Å². The minimum atomic E-state index is -0.348. The number of hydrogen-bond donors (Lipinski definition) is 0. The van der Waals surface area contributed by atoms with E-state index < -0.39 is 0 Å². The summed E-state index contributed by atoms with van der Waals surface area (Å²) in [6, 6.07) is 5.11. The number of aromatic nitrogens is 1. The van der Waals surface area contributed by atoms with Crippen molar-refractivity contribution in [1.29, 1.82) is 0 Å². The summed E-state index contributed by atoms with van der Waals surface area (Å²) in [6.45, 7) is 1.35. The molecule has 13 heavy (non-hydrogen) atoms. The van der Waals surface area contributed by atoms with E-state index in [1.165, 1.54) is 6.92 Å². The maximum Gasteiger partial charge on any atom is 0.308 e. The zero-order chi connectivity index (χ0) is 9.26. The van der Waals surface area contributed by atoms with Crippen molar-refractivity contribution in [2.45, 2.75) is 6.92 Å². The molecule has 0 spiro atoms. The molecule has 1 aromatic heterocycles. The van der Waals surface area contributed by atoms with Gasteiger partial charge < -0.3 is 9.26 Å². The average molecular weight is 177 g/mol. The highest BCUT2D eigenvalue weighted by molar-refractivity contribution is 5.78. The molecule has 1 heterocycles. The van der Waals surface area contributed by atoms with E-state index in [0.29, 0.717) is 11.3 Å². The van der Waals surface area contributed by atoms with Gasteiger partial charge in [-0.15, -0.1) is 0 Å². The topological polar surface area (TPSA) is 52.3 Å².